The summed E-state index contributed by atoms with van der Waals surface area (Å²) in [7, 11) is 0. The summed E-state index contributed by atoms with van der Waals surface area (Å²) in [5.74, 6) is -7.54. The average Bonchev–Trinajstić information content (AvgIpc) is 1.67. The molecule has 6 aliphatic heterocycles. The number of esters is 4. The van der Waals surface area contributed by atoms with E-state index in [1.165, 1.54) is 22.0 Å². The molecular formula is C98H131N15O18. The molecule has 6 aliphatic rings. The molecule has 0 aliphatic carbocycles. The number of benzene rings is 3. The van der Waals surface area contributed by atoms with Crippen LogP contribution >= 0.6 is 0 Å². The molecule has 33 heteroatoms. The van der Waals surface area contributed by atoms with Crippen molar-refractivity contribution in [3.8, 4) is 0 Å². The van der Waals surface area contributed by atoms with Gasteiger partial charge in [0.05, 0.1) is 62.4 Å². The number of hydrogen-bond donors (Lipinski definition) is 10. The Morgan fingerprint density at radius 1 is 0.443 bits per heavy atom. The van der Waals surface area contributed by atoms with Crippen molar-refractivity contribution in [2.24, 2.45) is 39.9 Å². The third-order valence-electron chi connectivity index (χ3n) is 24.3. The third-order valence-corrected chi connectivity index (χ3v) is 24.3. The highest BCUT2D eigenvalue weighted by Gasteiger charge is 2.44. The van der Waals surface area contributed by atoms with Gasteiger partial charge < -0.3 is 56.0 Å². The second-order valence-corrected chi connectivity index (χ2v) is 38.5. The number of pyridine rings is 3. The Bertz CT molecular complexity index is 5360. The number of hydrogen-bond acceptors (Lipinski definition) is 24. The van der Waals surface area contributed by atoms with Crippen LogP contribution in [0, 0.1) is 39.9 Å². The van der Waals surface area contributed by atoms with Crippen molar-refractivity contribution in [1.29, 1.82) is 0 Å². The van der Waals surface area contributed by atoms with E-state index in [0.717, 1.165) is 38.4 Å². The van der Waals surface area contributed by atoms with Crippen molar-refractivity contribution >= 4 is 128 Å². The first-order valence-corrected chi connectivity index (χ1v) is 45.4. The van der Waals surface area contributed by atoms with Gasteiger partial charge in [-0.15, -0.1) is 0 Å². The fourth-order valence-corrected chi connectivity index (χ4v) is 15.4. The fraction of sp³-hybridized carbons (Fsp3) is 0.531. The highest BCUT2D eigenvalue weighted by Crippen LogP contribution is 2.34. The van der Waals surface area contributed by atoms with Crippen LogP contribution in [0.2, 0.25) is 0 Å². The van der Waals surface area contributed by atoms with Gasteiger partial charge in [0, 0.05) is 35.8 Å². The van der Waals surface area contributed by atoms with Crippen LogP contribution in [0.1, 0.15) is 242 Å². The zero-order valence-electron chi connectivity index (χ0n) is 79.1. The van der Waals surface area contributed by atoms with E-state index >= 15 is 0 Å². The molecule has 2 unspecified atom stereocenters. The van der Waals surface area contributed by atoms with Gasteiger partial charge in [0.2, 0.25) is 35.4 Å². The Morgan fingerprint density at radius 2 is 0.779 bits per heavy atom. The molecule has 0 saturated carbocycles. The Hall–Kier alpha value is -11.9. The summed E-state index contributed by atoms with van der Waals surface area (Å²) in [5.41, 5.74) is 11.5. The molecule has 33 nitrogen and oxygen atoms in total. The van der Waals surface area contributed by atoms with Gasteiger partial charge in [-0.05, 0) is 205 Å². The molecule has 9 heterocycles. The average molecular weight is 1810 g/mol. The van der Waals surface area contributed by atoms with Crippen LogP contribution in [0.15, 0.2) is 109 Å². The molecule has 6 aromatic rings. The zero-order valence-corrected chi connectivity index (χ0v) is 79.1. The van der Waals surface area contributed by atoms with E-state index in [2.05, 4.69) is 48.2 Å². The summed E-state index contributed by atoms with van der Waals surface area (Å²) in [6.07, 6.45) is 10.2. The van der Waals surface area contributed by atoms with E-state index in [9.17, 15) is 67.4 Å². The molecule has 3 aromatic carbocycles. The highest BCUT2D eigenvalue weighted by atomic mass is 16.6. The van der Waals surface area contributed by atoms with Crippen LogP contribution in [0.5, 0.6) is 0 Å². The van der Waals surface area contributed by atoms with Crippen molar-refractivity contribution in [3.05, 3.63) is 143 Å². The molecule has 0 spiro atoms. The molecule has 15 bridgehead atoms. The van der Waals surface area contributed by atoms with Gasteiger partial charge in [0.1, 0.15) is 78.3 Å². The SMILES string of the molecule is CC(C)[C@@H]1NC(=O)C(C)(C(C)C)/C=C/c2ccc3ccc(nc3c2)[C@@H](C)OC(=O)[C@@H]2CCCN(N2)C(=O)[C@H](C)NC1=O.CC(C)[C@@H]1NC(=O)C(C)(C)/C=C/c2ccc3ccc(nc3c2)[C@@H](C)OC(=O)C2CCCN(N2)C(=O)[C@H](CC(=O)OC(C)(C)C)NC1=O.CC(C)[C@@H]1NC(=O)C(C)(C)/C=C/c2ccc3ccc(nc3c2)[C@@H](C)OC(=O)[C@@H]2CCCN(N2)C(=O)[C@H]([C@@H](C)O)NC1=O. The number of carbonyl (C=O) groups excluding carboxylic acids is 13. The van der Waals surface area contributed by atoms with E-state index < -0.39 is 166 Å². The maximum absolute atomic E-state index is 13.9. The summed E-state index contributed by atoms with van der Waals surface area (Å²) >= 11 is 0. The molecule has 12 rings (SSSR count). The molecule has 3 saturated heterocycles. The Labute approximate surface area is 766 Å². The van der Waals surface area contributed by atoms with Crippen molar-refractivity contribution in [3.63, 3.8) is 0 Å². The minimum absolute atomic E-state index is 0.0782. The Kier molecular flexibility index (Phi) is 33.2. The number of cyclic esters (lactones) is 3. The number of aliphatic hydroxyl groups excluding tert-OH is 1. The molecule has 10 N–H and O–H groups in total. The number of carbonyl (C=O) groups is 13. The first-order valence-electron chi connectivity index (χ1n) is 45.4. The highest BCUT2D eigenvalue weighted by molar-refractivity contribution is 5.98. The lowest BCUT2D eigenvalue weighted by Gasteiger charge is -2.36. The largest absolute Gasteiger partial charge is 0.460 e. The van der Waals surface area contributed by atoms with Crippen LogP contribution in [0.4, 0.5) is 0 Å². The van der Waals surface area contributed by atoms with Crippen LogP contribution in [0.25, 0.3) is 50.9 Å². The smallest absolute Gasteiger partial charge is 0.325 e. The minimum Gasteiger partial charge on any atom is -0.460 e. The number of nitrogens with zero attached hydrogens (tertiary/aromatic N) is 6. The third kappa shape index (κ3) is 26.1. The topological polar surface area (TPSA) is 436 Å². The number of fused-ring (bicyclic) bond motifs is 12. The minimum atomic E-state index is -1.33. The number of nitrogens with one attached hydrogen (secondary N) is 9. The lowest BCUT2D eigenvalue weighted by atomic mass is 9.77. The van der Waals surface area contributed by atoms with Crippen molar-refractivity contribution in [2.75, 3.05) is 19.6 Å². The van der Waals surface area contributed by atoms with E-state index in [-0.39, 0.29) is 54.5 Å². The fourth-order valence-electron chi connectivity index (χ4n) is 15.4. The standard InChI is InChI=1S/C35H47N5O7.C32H43N5O5.C31H41N5O6/c1-20(2)29-30(42)37-27(19-28(41)47-34(4,5)6)31(43)40-17-9-10-25(39-40)32(44)46-21(3)24-14-13-23-12-11-22(18-26(23)36-24)15-16-35(7,8)33(45)38-29;1-18(2)27-28(38)33-20(5)29(39)37-16-8-9-25(36-37)30(40)42-21(6)24-13-12-23-11-10-22(17-26(23)34-24)14-15-32(7,19(3)4)31(41)35-27;1-17(2)25-27(38)33-26(18(3)37)28(39)36-15-7-8-23(35-36)29(40)42-19(4)22-12-11-21-10-9-20(16-24(21)32-22)13-14-31(5,6)30(41)34-25/h11-16,18,20-21,25,27,29,39H,9-10,17,19H2,1-8H3,(H,37,42)(H,38,45);10-15,17-21,25,27,36H,8-9,16H2,1-7H3,(H,33,38)(H,35,41);9-14,16-19,23,25-26,35,37H,7-8,15H2,1-6H3,(H,33,38)(H,34,41)/b16-15+;15-14+;14-13+/t21-,25?,27+,29+;20-,21+,25-,27-,32?;18-,19-,23+,25+,26+/m101/s1. The second kappa shape index (κ2) is 43.0. The molecule has 3 fully saturated rings. The molecule has 9 amide bonds. The summed E-state index contributed by atoms with van der Waals surface area (Å²) in [6.45, 7) is 37.8. The Balaban J connectivity index is 0.000000204. The van der Waals surface area contributed by atoms with Gasteiger partial charge in [-0.25, -0.2) is 31.2 Å². The van der Waals surface area contributed by atoms with Gasteiger partial charge in [-0.3, -0.25) is 77.4 Å². The van der Waals surface area contributed by atoms with Gasteiger partial charge >= 0.3 is 23.9 Å². The van der Waals surface area contributed by atoms with Crippen molar-refractivity contribution in [2.45, 2.75) is 275 Å². The predicted octanol–water partition coefficient (Wildman–Crippen LogP) is 9.81. The lowest BCUT2D eigenvalue weighted by molar-refractivity contribution is -0.161. The summed E-state index contributed by atoms with van der Waals surface area (Å²) in [6, 6.07) is 19.8. The normalized spacial score (nSPS) is 27.1. The van der Waals surface area contributed by atoms with E-state index in [0.29, 0.717) is 73.2 Å². The number of aliphatic hydroxyl groups is 1. The maximum atomic E-state index is 13.9. The van der Waals surface area contributed by atoms with Crippen LogP contribution in [-0.4, -0.2) is 198 Å². The number of rotatable bonds is 7. The summed E-state index contributed by atoms with van der Waals surface area (Å²) in [5, 5.41) is 33.8. The number of hydrazine groups is 3. The number of ether oxygens (including phenoxy) is 4. The molecule has 706 valence electrons. The van der Waals surface area contributed by atoms with E-state index in [4.69, 9.17) is 33.9 Å². The molecule has 14 atom stereocenters. The zero-order chi connectivity index (χ0) is 96.2. The first-order chi connectivity index (χ1) is 61.5. The molecular weight excluding hydrogens is 1680 g/mol. The van der Waals surface area contributed by atoms with Crippen molar-refractivity contribution < 1.29 is 86.4 Å². The summed E-state index contributed by atoms with van der Waals surface area (Å²) in [4.78, 5) is 188. The Morgan fingerprint density at radius 3 is 1.14 bits per heavy atom. The lowest BCUT2D eigenvalue weighted by Crippen LogP contribution is -2.64. The first kappa shape index (κ1) is 101. The van der Waals surface area contributed by atoms with Gasteiger partial charge in [0.15, 0.2) is 0 Å². The summed E-state index contributed by atoms with van der Waals surface area (Å²) < 4.78 is 22.8. The van der Waals surface area contributed by atoms with Gasteiger partial charge in [-0.1, -0.05) is 146 Å². The molecule has 3 aromatic heterocycles. The van der Waals surface area contributed by atoms with Crippen molar-refractivity contribution in [1.82, 2.24) is 78.2 Å². The quantitative estimate of drug-likeness (QED) is 0.0524. The number of amides is 9. The predicted molar refractivity (Wildman–Crippen MR) is 494 cm³/mol. The maximum Gasteiger partial charge on any atom is 0.325 e. The van der Waals surface area contributed by atoms with Crippen LogP contribution in [-0.2, 0) is 81.3 Å². The van der Waals surface area contributed by atoms with Crippen LogP contribution in [0.3, 0.4) is 0 Å². The van der Waals surface area contributed by atoms with Gasteiger partial charge in [0.25, 0.3) is 17.7 Å². The monoisotopic (exact) mass is 1810 g/mol. The molecule has 0 radical (unpaired) electrons. The second-order valence-electron chi connectivity index (χ2n) is 38.5. The van der Waals surface area contributed by atoms with Gasteiger partial charge in [-0.2, -0.15) is 0 Å². The van der Waals surface area contributed by atoms with E-state index in [1.54, 1.807) is 122 Å². The van der Waals surface area contributed by atoms with Crippen LogP contribution < -0.4 is 48.2 Å². The van der Waals surface area contributed by atoms with E-state index in [1.807, 2.05) is 144 Å². The molecule has 131 heavy (non-hydrogen) atoms. The number of aromatic nitrogens is 3.